The van der Waals surface area contributed by atoms with Crippen LogP contribution in [0.5, 0.6) is 0 Å². The second-order valence-electron chi connectivity index (χ2n) is 7.17. The van der Waals surface area contributed by atoms with Crippen molar-refractivity contribution in [2.75, 3.05) is 0 Å². The standard InChI is InChI=1S/C19H27N5OS/c1-12-7-5-6-8-17(12)21-19(26)22-20-11-16-9-13(2)24(15(16)4)18-10-14(3)25-23-18/h9-12,17H,5-8H2,1-4H3,(H2,21,22,26)/b20-11-/t12-,17+/m0/s1. The third-order valence-corrected chi connectivity index (χ3v) is 5.32. The minimum atomic E-state index is 0.444. The summed E-state index contributed by atoms with van der Waals surface area (Å²) in [5.41, 5.74) is 6.10. The van der Waals surface area contributed by atoms with E-state index in [0.717, 1.165) is 28.5 Å². The van der Waals surface area contributed by atoms with E-state index in [9.17, 15) is 0 Å². The average Bonchev–Trinajstić information content (AvgIpc) is 3.13. The Bertz CT molecular complexity index is 807. The van der Waals surface area contributed by atoms with Gasteiger partial charge in [-0.25, -0.2) is 0 Å². The Morgan fingerprint density at radius 2 is 2.08 bits per heavy atom. The fourth-order valence-electron chi connectivity index (χ4n) is 3.62. The molecule has 1 aliphatic carbocycles. The molecule has 0 spiro atoms. The SMILES string of the molecule is Cc1cc(-n2c(C)cc(/C=N\NC(=S)N[C@@H]3CCCC[C@@H]3C)c2C)no1. The van der Waals surface area contributed by atoms with E-state index in [2.05, 4.69) is 38.6 Å². The Hall–Kier alpha value is -2.15. The first-order valence-electron chi connectivity index (χ1n) is 9.18. The zero-order valence-electron chi connectivity index (χ0n) is 15.9. The maximum Gasteiger partial charge on any atom is 0.187 e. The first-order chi connectivity index (χ1) is 12.5. The topological polar surface area (TPSA) is 67.4 Å². The smallest absolute Gasteiger partial charge is 0.187 e. The predicted molar refractivity (Wildman–Crippen MR) is 108 cm³/mol. The van der Waals surface area contributed by atoms with E-state index in [4.69, 9.17) is 16.7 Å². The van der Waals surface area contributed by atoms with Gasteiger partial charge in [0.2, 0.25) is 0 Å². The first-order valence-corrected chi connectivity index (χ1v) is 9.58. The van der Waals surface area contributed by atoms with Gasteiger partial charge in [-0.2, -0.15) is 5.10 Å². The van der Waals surface area contributed by atoms with Crippen LogP contribution in [-0.2, 0) is 0 Å². The molecule has 1 saturated carbocycles. The molecule has 140 valence electrons. The van der Waals surface area contributed by atoms with E-state index >= 15 is 0 Å². The van der Waals surface area contributed by atoms with Crippen molar-refractivity contribution in [2.45, 2.75) is 59.4 Å². The molecule has 2 aromatic heterocycles. The van der Waals surface area contributed by atoms with Crippen LogP contribution in [-0.4, -0.2) is 27.1 Å². The van der Waals surface area contributed by atoms with Gasteiger partial charge in [-0.05, 0) is 57.8 Å². The zero-order valence-corrected chi connectivity index (χ0v) is 16.7. The molecule has 0 amide bonds. The second kappa shape index (κ2) is 8.03. The maximum atomic E-state index is 5.38. The van der Waals surface area contributed by atoms with Gasteiger partial charge in [-0.15, -0.1) is 0 Å². The number of thiocarbonyl (C=S) groups is 1. The zero-order chi connectivity index (χ0) is 18.7. The molecule has 2 heterocycles. The Kier molecular flexibility index (Phi) is 5.76. The Labute approximate surface area is 160 Å². The van der Waals surface area contributed by atoms with Crippen LogP contribution in [0.3, 0.4) is 0 Å². The van der Waals surface area contributed by atoms with E-state index in [1.165, 1.54) is 25.7 Å². The summed E-state index contributed by atoms with van der Waals surface area (Å²) in [5.74, 6) is 2.23. The van der Waals surface area contributed by atoms with Gasteiger partial charge < -0.3 is 9.84 Å². The lowest BCUT2D eigenvalue weighted by Crippen LogP contribution is -2.44. The lowest BCUT2D eigenvalue weighted by molar-refractivity contribution is 0.308. The van der Waals surface area contributed by atoms with Crippen molar-refractivity contribution in [3.63, 3.8) is 0 Å². The number of aromatic nitrogens is 2. The number of hydrogen-bond acceptors (Lipinski definition) is 4. The summed E-state index contributed by atoms with van der Waals surface area (Å²) in [6.45, 7) is 8.25. The molecule has 7 heteroatoms. The molecule has 0 unspecified atom stereocenters. The van der Waals surface area contributed by atoms with E-state index < -0.39 is 0 Å². The van der Waals surface area contributed by atoms with Crippen molar-refractivity contribution >= 4 is 23.5 Å². The summed E-state index contributed by atoms with van der Waals surface area (Å²) in [6.07, 6.45) is 6.81. The van der Waals surface area contributed by atoms with Crippen LogP contribution >= 0.6 is 12.2 Å². The molecule has 0 radical (unpaired) electrons. The van der Waals surface area contributed by atoms with E-state index in [-0.39, 0.29) is 0 Å². The number of hydrogen-bond donors (Lipinski definition) is 2. The number of nitrogens with one attached hydrogen (secondary N) is 2. The summed E-state index contributed by atoms with van der Waals surface area (Å²) in [6, 6.07) is 4.44. The Morgan fingerprint density at radius 1 is 1.31 bits per heavy atom. The number of aryl methyl sites for hydroxylation is 2. The number of rotatable bonds is 4. The molecule has 0 bridgehead atoms. The third-order valence-electron chi connectivity index (χ3n) is 5.11. The molecular formula is C19H27N5OS. The van der Waals surface area contributed by atoms with Crippen molar-refractivity contribution in [1.29, 1.82) is 0 Å². The van der Waals surface area contributed by atoms with E-state index in [0.29, 0.717) is 17.1 Å². The fraction of sp³-hybridized carbons (Fsp3) is 0.526. The summed E-state index contributed by atoms with van der Waals surface area (Å²) < 4.78 is 7.24. The first kappa shape index (κ1) is 18.6. The van der Waals surface area contributed by atoms with Crippen LogP contribution in [0.2, 0.25) is 0 Å². The fourth-order valence-corrected chi connectivity index (χ4v) is 3.83. The van der Waals surface area contributed by atoms with Gasteiger partial charge in [0, 0.05) is 29.1 Å². The molecule has 2 aromatic rings. The highest BCUT2D eigenvalue weighted by Gasteiger charge is 2.21. The van der Waals surface area contributed by atoms with Crippen LogP contribution in [0, 0.1) is 26.7 Å². The maximum absolute atomic E-state index is 5.38. The molecule has 1 fully saturated rings. The molecule has 26 heavy (non-hydrogen) atoms. The molecule has 0 aliphatic heterocycles. The molecule has 3 rings (SSSR count). The van der Waals surface area contributed by atoms with Crippen LogP contribution in [0.25, 0.3) is 5.82 Å². The van der Waals surface area contributed by atoms with Crippen LogP contribution in [0.1, 0.15) is 55.3 Å². The van der Waals surface area contributed by atoms with Crippen molar-refractivity contribution in [1.82, 2.24) is 20.5 Å². The van der Waals surface area contributed by atoms with Gasteiger partial charge >= 0.3 is 0 Å². The van der Waals surface area contributed by atoms with E-state index in [1.54, 1.807) is 6.21 Å². The van der Waals surface area contributed by atoms with E-state index in [1.807, 2.05) is 26.8 Å². The summed E-state index contributed by atoms with van der Waals surface area (Å²) in [4.78, 5) is 0. The van der Waals surface area contributed by atoms with Gasteiger partial charge in [0.25, 0.3) is 0 Å². The summed E-state index contributed by atoms with van der Waals surface area (Å²) in [7, 11) is 0. The highest BCUT2D eigenvalue weighted by atomic mass is 32.1. The summed E-state index contributed by atoms with van der Waals surface area (Å²) >= 11 is 5.38. The molecule has 0 aromatic carbocycles. The second-order valence-corrected chi connectivity index (χ2v) is 7.58. The molecule has 6 nitrogen and oxygen atoms in total. The van der Waals surface area contributed by atoms with Crippen molar-refractivity contribution < 1.29 is 4.52 Å². The van der Waals surface area contributed by atoms with Gasteiger partial charge in [0.05, 0.1) is 6.21 Å². The highest BCUT2D eigenvalue weighted by Crippen LogP contribution is 2.23. The van der Waals surface area contributed by atoms with Crippen LogP contribution in [0.4, 0.5) is 0 Å². The molecule has 1 aliphatic rings. The lowest BCUT2D eigenvalue weighted by atomic mass is 9.86. The van der Waals surface area contributed by atoms with Crippen molar-refractivity contribution in [3.05, 3.63) is 34.8 Å². The average molecular weight is 374 g/mol. The minimum Gasteiger partial charge on any atom is -0.360 e. The molecular weight excluding hydrogens is 346 g/mol. The normalized spacial score (nSPS) is 20.5. The lowest BCUT2D eigenvalue weighted by Gasteiger charge is -2.30. The Morgan fingerprint density at radius 3 is 2.77 bits per heavy atom. The van der Waals surface area contributed by atoms with Gasteiger partial charge in [0.15, 0.2) is 10.9 Å². The number of hydrazone groups is 1. The van der Waals surface area contributed by atoms with Gasteiger partial charge in [-0.1, -0.05) is 24.9 Å². The van der Waals surface area contributed by atoms with Crippen molar-refractivity contribution in [3.8, 4) is 5.82 Å². The summed E-state index contributed by atoms with van der Waals surface area (Å²) in [5, 5.41) is 12.4. The third kappa shape index (κ3) is 4.15. The highest BCUT2D eigenvalue weighted by molar-refractivity contribution is 7.80. The number of nitrogens with zero attached hydrogens (tertiary/aromatic N) is 3. The molecule has 0 saturated heterocycles. The molecule has 2 N–H and O–H groups in total. The van der Waals surface area contributed by atoms with Crippen LogP contribution in [0.15, 0.2) is 21.8 Å². The van der Waals surface area contributed by atoms with Gasteiger partial charge in [0.1, 0.15) is 5.76 Å². The predicted octanol–water partition coefficient (Wildman–Crippen LogP) is 3.77. The quantitative estimate of drug-likeness (QED) is 0.485. The Balaban J connectivity index is 1.63. The van der Waals surface area contributed by atoms with Gasteiger partial charge in [-0.3, -0.25) is 9.99 Å². The minimum absolute atomic E-state index is 0.444. The van der Waals surface area contributed by atoms with Crippen molar-refractivity contribution in [2.24, 2.45) is 11.0 Å². The largest absolute Gasteiger partial charge is 0.360 e. The van der Waals surface area contributed by atoms with Crippen LogP contribution < -0.4 is 10.7 Å². The monoisotopic (exact) mass is 373 g/mol. The molecule has 2 atom stereocenters.